The van der Waals surface area contributed by atoms with Gasteiger partial charge in [0.05, 0.1) is 11.7 Å². The van der Waals surface area contributed by atoms with Crippen molar-refractivity contribution in [3.8, 4) is 5.75 Å². The van der Waals surface area contributed by atoms with E-state index in [2.05, 4.69) is 5.32 Å². The van der Waals surface area contributed by atoms with Crippen molar-refractivity contribution in [1.82, 2.24) is 5.32 Å². The van der Waals surface area contributed by atoms with E-state index in [9.17, 15) is 14.6 Å². The predicted octanol–water partition coefficient (Wildman–Crippen LogP) is 1.87. The maximum Gasteiger partial charge on any atom is 0.126 e. The van der Waals surface area contributed by atoms with Gasteiger partial charge in [0.2, 0.25) is 0 Å². The number of hydrogen-bond donors (Lipinski definition) is 3. The molecule has 3 N–H and O–H groups in total. The summed E-state index contributed by atoms with van der Waals surface area (Å²) in [4.78, 5) is 0. The summed E-state index contributed by atoms with van der Waals surface area (Å²) in [5.41, 5.74) is -0.713. The van der Waals surface area contributed by atoms with Crippen molar-refractivity contribution in [1.29, 1.82) is 0 Å². The normalized spacial score (nSPS) is 29.3. The summed E-state index contributed by atoms with van der Waals surface area (Å²) in [6.45, 7) is 2.32. The number of hydrogen-bond acceptors (Lipinski definition) is 5. The Bertz CT molecular complexity index is 550. The van der Waals surface area contributed by atoms with Crippen molar-refractivity contribution in [3.05, 3.63) is 30.1 Å². The maximum absolute atomic E-state index is 13.3. The van der Waals surface area contributed by atoms with E-state index in [0.717, 1.165) is 19.3 Å². The Morgan fingerprint density at radius 2 is 2.08 bits per heavy atom. The number of halogens is 1. The first kappa shape index (κ1) is 18.6. The highest BCUT2D eigenvalue weighted by molar-refractivity contribution is 5.23. The quantitative estimate of drug-likeness (QED) is 0.728. The Hall–Kier alpha value is -1.21. The van der Waals surface area contributed by atoms with Gasteiger partial charge in [0.1, 0.15) is 17.7 Å². The van der Waals surface area contributed by atoms with Gasteiger partial charge in [0.25, 0.3) is 0 Å². The molecule has 1 aromatic carbocycles. The third-order valence-electron chi connectivity index (χ3n) is 5.30. The van der Waals surface area contributed by atoms with Crippen LogP contribution < -0.4 is 10.1 Å². The molecule has 2 fully saturated rings. The molecule has 0 radical (unpaired) electrons. The smallest absolute Gasteiger partial charge is 0.126 e. The average Bonchev–Trinajstić information content (AvgIpc) is 2.59. The van der Waals surface area contributed by atoms with Crippen LogP contribution in [0.4, 0.5) is 4.39 Å². The molecule has 0 spiro atoms. The van der Waals surface area contributed by atoms with Crippen molar-refractivity contribution in [2.45, 2.75) is 49.9 Å². The lowest BCUT2D eigenvalue weighted by atomic mass is 9.84. The van der Waals surface area contributed by atoms with Gasteiger partial charge in [0.15, 0.2) is 0 Å². The molecule has 5 nitrogen and oxygen atoms in total. The van der Waals surface area contributed by atoms with Gasteiger partial charge in [0, 0.05) is 51.1 Å². The van der Waals surface area contributed by atoms with Crippen molar-refractivity contribution in [3.63, 3.8) is 0 Å². The predicted molar refractivity (Wildman–Crippen MR) is 92.0 cm³/mol. The van der Waals surface area contributed by atoms with Gasteiger partial charge in [-0.05, 0) is 31.4 Å². The van der Waals surface area contributed by atoms with Gasteiger partial charge >= 0.3 is 0 Å². The highest BCUT2D eigenvalue weighted by atomic mass is 19.1. The van der Waals surface area contributed by atoms with Crippen LogP contribution in [0.2, 0.25) is 0 Å². The van der Waals surface area contributed by atoms with Gasteiger partial charge in [-0.15, -0.1) is 0 Å². The van der Waals surface area contributed by atoms with Gasteiger partial charge in [-0.25, -0.2) is 4.39 Å². The summed E-state index contributed by atoms with van der Waals surface area (Å²) >= 11 is 0. The van der Waals surface area contributed by atoms with E-state index in [4.69, 9.17) is 9.47 Å². The first-order chi connectivity index (χ1) is 12.1. The van der Waals surface area contributed by atoms with E-state index in [-0.39, 0.29) is 17.8 Å². The minimum atomic E-state index is -0.713. The molecule has 1 heterocycles. The Morgan fingerprint density at radius 1 is 1.28 bits per heavy atom. The van der Waals surface area contributed by atoms with Crippen LogP contribution in [0.1, 0.15) is 32.1 Å². The molecule has 3 atom stereocenters. The number of benzene rings is 1. The van der Waals surface area contributed by atoms with Crippen LogP contribution in [-0.2, 0) is 4.74 Å². The van der Waals surface area contributed by atoms with Crippen LogP contribution in [0.3, 0.4) is 0 Å². The summed E-state index contributed by atoms with van der Waals surface area (Å²) in [6.07, 6.45) is 2.98. The number of nitrogens with one attached hydrogen (secondary N) is 1. The molecule has 140 valence electrons. The van der Waals surface area contributed by atoms with Crippen molar-refractivity contribution in [2.24, 2.45) is 5.92 Å². The van der Waals surface area contributed by atoms with Crippen LogP contribution in [0, 0.1) is 11.7 Å². The molecule has 1 saturated carbocycles. The summed E-state index contributed by atoms with van der Waals surface area (Å²) in [6, 6.07) is 6.03. The van der Waals surface area contributed by atoms with Gasteiger partial charge in [-0.1, -0.05) is 6.07 Å². The summed E-state index contributed by atoms with van der Waals surface area (Å²) in [5.74, 6) is 0.177. The third kappa shape index (κ3) is 5.14. The zero-order valence-corrected chi connectivity index (χ0v) is 14.5. The van der Waals surface area contributed by atoms with Gasteiger partial charge in [-0.3, -0.25) is 0 Å². The van der Waals surface area contributed by atoms with Crippen LogP contribution in [0.25, 0.3) is 0 Å². The number of rotatable bonds is 6. The highest BCUT2D eigenvalue weighted by Gasteiger charge is 2.34. The Kier molecular flexibility index (Phi) is 6.28. The molecular weight excluding hydrogens is 325 g/mol. The summed E-state index contributed by atoms with van der Waals surface area (Å²) in [5, 5.41) is 24.4. The van der Waals surface area contributed by atoms with Gasteiger partial charge in [-0.2, -0.15) is 0 Å². The molecule has 6 heteroatoms. The second-order valence-electron chi connectivity index (χ2n) is 7.26. The molecule has 1 aromatic rings. The van der Waals surface area contributed by atoms with Crippen LogP contribution in [0.5, 0.6) is 5.75 Å². The monoisotopic (exact) mass is 353 g/mol. The lowest BCUT2D eigenvalue weighted by Gasteiger charge is -2.36. The molecular formula is C19H28FNO4. The molecule has 3 rings (SSSR count). The zero-order valence-electron chi connectivity index (χ0n) is 14.5. The first-order valence-corrected chi connectivity index (χ1v) is 9.17. The third-order valence-corrected chi connectivity index (χ3v) is 5.30. The number of aliphatic hydroxyl groups is 2. The number of ether oxygens (including phenoxy) is 2. The second-order valence-corrected chi connectivity index (χ2v) is 7.26. The first-order valence-electron chi connectivity index (χ1n) is 9.17. The Morgan fingerprint density at radius 3 is 2.84 bits per heavy atom. The standard InChI is InChI=1S/C19H28FNO4/c20-15-4-2-5-16(11-15)25-17-6-1-3-14(18(17)22)12-21-13-19(23)7-9-24-10-8-19/h2,4-5,11,14,17-18,21-23H,1,3,6-10,12-13H2/t14-,17-,18-/m1/s1. The van der Waals surface area contributed by atoms with Crippen molar-refractivity contribution >= 4 is 0 Å². The summed E-state index contributed by atoms with van der Waals surface area (Å²) in [7, 11) is 0. The van der Waals surface area contributed by atoms with E-state index in [1.165, 1.54) is 12.1 Å². The minimum Gasteiger partial charge on any atom is -0.488 e. The fourth-order valence-electron chi connectivity index (χ4n) is 3.71. The Labute approximate surface area is 148 Å². The molecule has 0 bridgehead atoms. The van der Waals surface area contributed by atoms with E-state index in [1.807, 2.05) is 0 Å². The van der Waals surface area contributed by atoms with E-state index >= 15 is 0 Å². The maximum atomic E-state index is 13.3. The van der Waals surface area contributed by atoms with Gasteiger partial charge < -0.3 is 25.0 Å². The lowest BCUT2D eigenvalue weighted by Crippen LogP contribution is -2.49. The number of aliphatic hydroxyl groups excluding tert-OH is 1. The zero-order chi connectivity index (χ0) is 17.7. The summed E-state index contributed by atoms with van der Waals surface area (Å²) < 4.78 is 24.4. The Balaban J connectivity index is 1.48. The fraction of sp³-hybridized carbons (Fsp3) is 0.684. The van der Waals surface area contributed by atoms with Crippen molar-refractivity contribution < 1.29 is 24.1 Å². The second kappa shape index (κ2) is 8.45. The molecule has 0 unspecified atom stereocenters. The van der Waals surface area contributed by atoms with Crippen molar-refractivity contribution in [2.75, 3.05) is 26.3 Å². The molecule has 1 aliphatic heterocycles. The van der Waals surface area contributed by atoms with E-state index in [0.29, 0.717) is 44.9 Å². The molecule has 0 amide bonds. The SMILES string of the molecule is O[C@@H]1[C@@H](CNCC2(O)CCOCC2)CCC[C@H]1Oc1cccc(F)c1. The molecule has 2 aliphatic rings. The average molecular weight is 353 g/mol. The minimum absolute atomic E-state index is 0.0655. The highest BCUT2D eigenvalue weighted by Crippen LogP contribution is 2.28. The van der Waals surface area contributed by atoms with Crippen LogP contribution in [0.15, 0.2) is 24.3 Å². The lowest BCUT2D eigenvalue weighted by molar-refractivity contribution is -0.0650. The van der Waals surface area contributed by atoms with Crippen LogP contribution >= 0.6 is 0 Å². The van der Waals surface area contributed by atoms with Crippen LogP contribution in [-0.4, -0.2) is 54.3 Å². The molecule has 1 aliphatic carbocycles. The van der Waals surface area contributed by atoms with E-state index in [1.54, 1.807) is 12.1 Å². The van der Waals surface area contributed by atoms with E-state index < -0.39 is 11.7 Å². The molecule has 1 saturated heterocycles. The fourth-order valence-corrected chi connectivity index (χ4v) is 3.71. The molecule has 25 heavy (non-hydrogen) atoms. The largest absolute Gasteiger partial charge is 0.488 e. The molecule has 0 aromatic heterocycles. The topological polar surface area (TPSA) is 71.0 Å².